The molecular weight excluding hydrogens is 208 g/mol. The van der Waals surface area contributed by atoms with E-state index in [2.05, 4.69) is 10.5 Å². The van der Waals surface area contributed by atoms with Crippen molar-refractivity contribution >= 4 is 11.9 Å². The van der Waals surface area contributed by atoms with Crippen molar-refractivity contribution in [3.05, 3.63) is 0 Å². The maximum Gasteiger partial charge on any atom is 0.410 e. The lowest BCUT2D eigenvalue weighted by Crippen LogP contribution is -2.37. The van der Waals surface area contributed by atoms with Gasteiger partial charge in [0, 0.05) is 13.1 Å². The molecule has 2 heterocycles. The van der Waals surface area contributed by atoms with Crippen LogP contribution < -0.4 is 11.2 Å². The first kappa shape index (κ1) is 11.0. The molecule has 0 aromatic rings. The first-order valence-electron chi connectivity index (χ1n) is 5.43. The maximum atomic E-state index is 11.8. The standard InChI is InChI=1S/C10H18N4O2/c1-10(2,3)16-9(15)14-4-6-7(5-14)12-13-8(6)11/h6-7,12H,4-5H2,1-3H3,(H2,11,13). The van der Waals surface area contributed by atoms with Crippen LogP contribution in [0, 0.1) is 5.92 Å². The van der Waals surface area contributed by atoms with Crippen molar-refractivity contribution in [2.24, 2.45) is 16.8 Å². The number of likely N-dealkylation sites (tertiary alicyclic amines) is 1. The molecule has 0 aliphatic carbocycles. The third kappa shape index (κ3) is 2.05. The highest BCUT2D eigenvalue weighted by Crippen LogP contribution is 2.22. The molecule has 2 aliphatic rings. The fourth-order valence-corrected chi connectivity index (χ4v) is 1.95. The Hall–Kier alpha value is -1.46. The van der Waals surface area contributed by atoms with Crippen LogP contribution in [0.3, 0.4) is 0 Å². The molecule has 2 aliphatic heterocycles. The number of nitrogens with zero attached hydrogens (tertiary/aromatic N) is 2. The van der Waals surface area contributed by atoms with Crippen molar-refractivity contribution in [2.75, 3.05) is 13.1 Å². The van der Waals surface area contributed by atoms with E-state index < -0.39 is 5.60 Å². The van der Waals surface area contributed by atoms with Gasteiger partial charge in [-0.1, -0.05) is 0 Å². The highest BCUT2D eigenvalue weighted by Gasteiger charge is 2.41. The Morgan fingerprint density at radius 1 is 1.56 bits per heavy atom. The molecule has 16 heavy (non-hydrogen) atoms. The molecule has 0 aromatic heterocycles. The van der Waals surface area contributed by atoms with Crippen LogP contribution in [0.1, 0.15) is 20.8 Å². The average Bonchev–Trinajstić information content (AvgIpc) is 2.65. The summed E-state index contributed by atoms with van der Waals surface area (Å²) in [5, 5.41) is 3.95. The van der Waals surface area contributed by atoms with Crippen molar-refractivity contribution in [3.63, 3.8) is 0 Å². The number of rotatable bonds is 0. The smallest absolute Gasteiger partial charge is 0.410 e. The fraction of sp³-hybridized carbons (Fsp3) is 0.800. The predicted octanol–water partition coefficient (Wildman–Crippen LogP) is 0.0973. The van der Waals surface area contributed by atoms with Crippen LogP contribution in [0.15, 0.2) is 5.10 Å². The first-order chi connectivity index (χ1) is 7.37. The molecule has 90 valence electrons. The van der Waals surface area contributed by atoms with E-state index in [-0.39, 0.29) is 18.1 Å². The van der Waals surface area contributed by atoms with Crippen LogP contribution >= 0.6 is 0 Å². The second-order valence-electron chi connectivity index (χ2n) is 5.26. The van der Waals surface area contributed by atoms with Gasteiger partial charge in [0.05, 0.1) is 12.0 Å². The summed E-state index contributed by atoms with van der Waals surface area (Å²) >= 11 is 0. The van der Waals surface area contributed by atoms with E-state index in [0.29, 0.717) is 18.9 Å². The summed E-state index contributed by atoms with van der Waals surface area (Å²) in [5.41, 5.74) is 8.19. The molecule has 6 heteroatoms. The predicted molar refractivity (Wildman–Crippen MR) is 59.8 cm³/mol. The number of nitrogens with two attached hydrogens (primary N) is 1. The summed E-state index contributed by atoms with van der Waals surface area (Å²) in [6, 6.07) is 0.146. The number of carbonyl (C=O) groups excluding carboxylic acids is 1. The van der Waals surface area contributed by atoms with Gasteiger partial charge in [-0.3, -0.25) is 0 Å². The Morgan fingerprint density at radius 3 is 2.81 bits per heavy atom. The van der Waals surface area contributed by atoms with Crippen molar-refractivity contribution in [2.45, 2.75) is 32.4 Å². The number of hydrazone groups is 1. The third-order valence-corrected chi connectivity index (χ3v) is 2.71. The van der Waals surface area contributed by atoms with E-state index in [1.807, 2.05) is 20.8 Å². The molecule has 0 saturated carbocycles. The average molecular weight is 226 g/mol. The summed E-state index contributed by atoms with van der Waals surface area (Å²) in [7, 11) is 0. The van der Waals surface area contributed by atoms with Crippen molar-refractivity contribution in [1.29, 1.82) is 0 Å². The molecule has 3 N–H and O–H groups in total. The van der Waals surface area contributed by atoms with E-state index >= 15 is 0 Å². The van der Waals surface area contributed by atoms with Gasteiger partial charge in [0.15, 0.2) is 0 Å². The largest absolute Gasteiger partial charge is 0.444 e. The Labute approximate surface area is 94.8 Å². The van der Waals surface area contributed by atoms with Gasteiger partial charge in [0.25, 0.3) is 0 Å². The first-order valence-corrected chi connectivity index (χ1v) is 5.43. The Bertz CT molecular complexity index is 334. The molecule has 1 amide bonds. The second kappa shape index (κ2) is 3.54. The molecule has 2 unspecified atom stereocenters. The molecule has 0 spiro atoms. The number of hydrogen-bond acceptors (Lipinski definition) is 5. The minimum atomic E-state index is -0.457. The number of carbonyl (C=O) groups is 1. The number of hydrogen-bond donors (Lipinski definition) is 2. The highest BCUT2D eigenvalue weighted by atomic mass is 16.6. The molecular formula is C10H18N4O2. The van der Waals surface area contributed by atoms with Crippen LogP contribution in [0.4, 0.5) is 4.79 Å². The Balaban J connectivity index is 1.94. The van der Waals surface area contributed by atoms with Crippen LogP contribution in [0.2, 0.25) is 0 Å². The van der Waals surface area contributed by atoms with Gasteiger partial charge < -0.3 is 20.8 Å². The number of amides is 1. The topological polar surface area (TPSA) is 80.0 Å². The van der Waals surface area contributed by atoms with Crippen molar-refractivity contribution in [1.82, 2.24) is 10.3 Å². The van der Waals surface area contributed by atoms with E-state index in [9.17, 15) is 4.79 Å². The van der Waals surface area contributed by atoms with Gasteiger partial charge in [-0.25, -0.2) is 4.79 Å². The van der Waals surface area contributed by atoms with Gasteiger partial charge in [0.1, 0.15) is 11.4 Å². The normalized spacial score (nSPS) is 28.4. The maximum absolute atomic E-state index is 11.8. The molecule has 6 nitrogen and oxygen atoms in total. The highest BCUT2D eigenvalue weighted by molar-refractivity contribution is 5.86. The van der Waals surface area contributed by atoms with E-state index in [4.69, 9.17) is 10.5 Å². The van der Waals surface area contributed by atoms with Crippen LogP contribution in [-0.4, -0.2) is 41.6 Å². The Kier molecular flexibility index (Phi) is 2.44. The zero-order chi connectivity index (χ0) is 11.9. The molecule has 0 bridgehead atoms. The zero-order valence-electron chi connectivity index (χ0n) is 9.86. The van der Waals surface area contributed by atoms with Crippen molar-refractivity contribution < 1.29 is 9.53 Å². The summed E-state index contributed by atoms with van der Waals surface area (Å²) in [6.07, 6.45) is -0.281. The molecule has 1 saturated heterocycles. The number of fused-ring (bicyclic) bond motifs is 1. The number of ether oxygens (including phenoxy) is 1. The minimum Gasteiger partial charge on any atom is -0.444 e. The van der Waals surface area contributed by atoms with Crippen LogP contribution in [-0.2, 0) is 4.74 Å². The van der Waals surface area contributed by atoms with Gasteiger partial charge in [-0.05, 0) is 20.8 Å². The van der Waals surface area contributed by atoms with Crippen molar-refractivity contribution in [3.8, 4) is 0 Å². The van der Waals surface area contributed by atoms with Gasteiger partial charge in [-0.2, -0.15) is 5.10 Å². The molecule has 1 fully saturated rings. The number of nitrogens with one attached hydrogen (secondary N) is 1. The lowest BCUT2D eigenvalue weighted by atomic mass is 10.1. The van der Waals surface area contributed by atoms with E-state index in [1.165, 1.54) is 0 Å². The third-order valence-electron chi connectivity index (χ3n) is 2.71. The fourth-order valence-electron chi connectivity index (χ4n) is 1.95. The SMILES string of the molecule is CC(C)(C)OC(=O)N1CC2NN=C(N)C2C1. The second-order valence-corrected chi connectivity index (χ2v) is 5.26. The summed E-state index contributed by atoms with van der Waals surface area (Å²) in [5.74, 6) is 0.712. The Morgan fingerprint density at radius 2 is 2.25 bits per heavy atom. The summed E-state index contributed by atoms with van der Waals surface area (Å²) in [4.78, 5) is 13.5. The van der Waals surface area contributed by atoms with Crippen LogP contribution in [0.5, 0.6) is 0 Å². The van der Waals surface area contributed by atoms with Gasteiger partial charge >= 0.3 is 6.09 Å². The molecule has 0 radical (unpaired) electrons. The monoisotopic (exact) mass is 226 g/mol. The summed E-state index contributed by atoms with van der Waals surface area (Å²) < 4.78 is 5.30. The van der Waals surface area contributed by atoms with E-state index in [1.54, 1.807) is 4.90 Å². The molecule has 2 atom stereocenters. The quantitative estimate of drug-likeness (QED) is 0.614. The van der Waals surface area contributed by atoms with E-state index in [0.717, 1.165) is 0 Å². The zero-order valence-corrected chi connectivity index (χ0v) is 9.86. The molecule has 2 rings (SSSR count). The van der Waals surface area contributed by atoms with Gasteiger partial charge in [0.2, 0.25) is 0 Å². The molecule has 0 aromatic carbocycles. The lowest BCUT2D eigenvalue weighted by molar-refractivity contribution is 0.0288. The number of amidine groups is 1. The summed E-state index contributed by atoms with van der Waals surface area (Å²) in [6.45, 7) is 6.76. The lowest BCUT2D eigenvalue weighted by Gasteiger charge is -2.24. The van der Waals surface area contributed by atoms with Crippen LogP contribution in [0.25, 0.3) is 0 Å². The minimum absolute atomic E-state index is 0.132. The van der Waals surface area contributed by atoms with Gasteiger partial charge in [-0.15, -0.1) is 0 Å².